The summed E-state index contributed by atoms with van der Waals surface area (Å²) in [5.41, 5.74) is 0.960. The molecule has 0 radical (unpaired) electrons. The first-order chi connectivity index (χ1) is 12.8. The standard InChI is InChI=1S/C19H25FN4O3/c1-4-23(12-17(25)21-13(2)3)19(27)16-9-10-18(26)24(22-16)11-14-5-7-15(20)8-6-14/h5-8,13H,4,9-12H2,1-3H3,(H,21,25). The van der Waals surface area contributed by atoms with Gasteiger partial charge in [0.05, 0.1) is 13.1 Å². The first-order valence-corrected chi connectivity index (χ1v) is 9.01. The van der Waals surface area contributed by atoms with E-state index in [0.29, 0.717) is 12.1 Å². The monoisotopic (exact) mass is 376 g/mol. The molecule has 8 heteroatoms. The van der Waals surface area contributed by atoms with Crippen molar-refractivity contribution < 1.29 is 18.8 Å². The lowest BCUT2D eigenvalue weighted by atomic mass is 10.1. The molecule has 0 aliphatic carbocycles. The Hall–Kier alpha value is -2.77. The van der Waals surface area contributed by atoms with Gasteiger partial charge in [0.2, 0.25) is 11.8 Å². The Morgan fingerprint density at radius 2 is 1.93 bits per heavy atom. The number of carbonyl (C=O) groups is 3. The first-order valence-electron chi connectivity index (χ1n) is 9.01. The highest BCUT2D eigenvalue weighted by atomic mass is 19.1. The number of hydrogen-bond donors (Lipinski definition) is 1. The van der Waals surface area contributed by atoms with Crippen molar-refractivity contribution >= 4 is 23.4 Å². The van der Waals surface area contributed by atoms with Gasteiger partial charge >= 0.3 is 0 Å². The lowest BCUT2D eigenvalue weighted by Crippen LogP contribution is -2.46. The minimum absolute atomic E-state index is 0.0119. The third kappa shape index (κ3) is 5.87. The van der Waals surface area contributed by atoms with Crippen molar-refractivity contribution in [3.05, 3.63) is 35.6 Å². The second-order valence-corrected chi connectivity index (χ2v) is 6.67. The molecule has 1 aliphatic heterocycles. The zero-order valence-corrected chi connectivity index (χ0v) is 15.9. The molecule has 0 bridgehead atoms. The molecule has 1 heterocycles. The number of halogens is 1. The molecule has 1 N–H and O–H groups in total. The van der Waals surface area contributed by atoms with Gasteiger partial charge in [0, 0.05) is 25.4 Å². The Morgan fingerprint density at radius 3 is 2.52 bits per heavy atom. The lowest BCUT2D eigenvalue weighted by Gasteiger charge is -2.26. The second kappa shape index (κ2) is 9.25. The molecule has 3 amide bonds. The van der Waals surface area contributed by atoms with Gasteiger partial charge in [-0.25, -0.2) is 9.40 Å². The van der Waals surface area contributed by atoms with Crippen LogP contribution >= 0.6 is 0 Å². The summed E-state index contributed by atoms with van der Waals surface area (Å²) in [5, 5.41) is 8.18. The van der Waals surface area contributed by atoms with Crippen LogP contribution in [0.15, 0.2) is 29.4 Å². The number of amides is 3. The molecule has 1 aromatic carbocycles. The van der Waals surface area contributed by atoms with Crippen molar-refractivity contribution in [3.63, 3.8) is 0 Å². The van der Waals surface area contributed by atoms with Gasteiger partial charge in [-0.1, -0.05) is 12.1 Å². The van der Waals surface area contributed by atoms with Crippen LogP contribution in [-0.4, -0.2) is 52.5 Å². The Kier molecular flexibility index (Phi) is 7.04. The summed E-state index contributed by atoms with van der Waals surface area (Å²) in [6, 6.07) is 5.76. The number of carbonyl (C=O) groups excluding carboxylic acids is 3. The predicted octanol–water partition coefficient (Wildman–Crippen LogP) is 1.68. The summed E-state index contributed by atoms with van der Waals surface area (Å²) >= 11 is 0. The Bertz CT molecular complexity index is 731. The van der Waals surface area contributed by atoms with E-state index in [0.717, 1.165) is 0 Å². The summed E-state index contributed by atoms with van der Waals surface area (Å²) in [6.07, 6.45) is 0.404. The molecule has 2 rings (SSSR count). The van der Waals surface area contributed by atoms with E-state index in [-0.39, 0.29) is 61.2 Å². The summed E-state index contributed by atoms with van der Waals surface area (Å²) in [7, 11) is 0. The number of rotatable bonds is 7. The number of hydrazone groups is 1. The Labute approximate surface area is 158 Å². The zero-order valence-electron chi connectivity index (χ0n) is 15.9. The highest BCUT2D eigenvalue weighted by Gasteiger charge is 2.28. The first kappa shape index (κ1) is 20.5. The van der Waals surface area contributed by atoms with Gasteiger partial charge in [-0.05, 0) is 38.5 Å². The summed E-state index contributed by atoms with van der Waals surface area (Å²) in [6.45, 7) is 5.94. The van der Waals surface area contributed by atoms with Crippen LogP contribution < -0.4 is 5.32 Å². The van der Waals surface area contributed by atoms with E-state index in [2.05, 4.69) is 10.4 Å². The molecule has 0 saturated heterocycles. The van der Waals surface area contributed by atoms with E-state index in [4.69, 9.17) is 0 Å². The lowest BCUT2D eigenvalue weighted by molar-refractivity contribution is -0.134. The van der Waals surface area contributed by atoms with Gasteiger partial charge < -0.3 is 10.2 Å². The van der Waals surface area contributed by atoms with Gasteiger partial charge in [-0.15, -0.1) is 0 Å². The third-order valence-electron chi connectivity index (χ3n) is 4.05. The molecule has 146 valence electrons. The summed E-state index contributed by atoms with van der Waals surface area (Å²) in [5.74, 6) is -1.15. The van der Waals surface area contributed by atoms with Crippen molar-refractivity contribution in [2.24, 2.45) is 5.10 Å². The minimum atomic E-state index is -0.360. The third-order valence-corrected chi connectivity index (χ3v) is 4.05. The normalized spacial score (nSPS) is 14.2. The van der Waals surface area contributed by atoms with Crippen LogP contribution in [0.1, 0.15) is 39.2 Å². The van der Waals surface area contributed by atoms with Crippen LogP contribution in [0.4, 0.5) is 4.39 Å². The van der Waals surface area contributed by atoms with Crippen molar-refractivity contribution in [2.45, 2.75) is 46.2 Å². The summed E-state index contributed by atoms with van der Waals surface area (Å²) in [4.78, 5) is 38.2. The predicted molar refractivity (Wildman–Crippen MR) is 99.2 cm³/mol. The Morgan fingerprint density at radius 1 is 1.26 bits per heavy atom. The molecule has 0 fully saturated rings. The fourth-order valence-corrected chi connectivity index (χ4v) is 2.69. The number of benzene rings is 1. The smallest absolute Gasteiger partial charge is 0.270 e. The van der Waals surface area contributed by atoms with E-state index in [1.54, 1.807) is 19.1 Å². The molecule has 1 aromatic rings. The number of likely N-dealkylation sites (N-methyl/N-ethyl adjacent to an activating group) is 1. The molecule has 0 unspecified atom stereocenters. The van der Waals surface area contributed by atoms with Gasteiger partial charge in [0.15, 0.2) is 0 Å². The van der Waals surface area contributed by atoms with Crippen LogP contribution in [0, 0.1) is 5.82 Å². The highest BCUT2D eigenvalue weighted by Crippen LogP contribution is 2.15. The van der Waals surface area contributed by atoms with Crippen molar-refractivity contribution in [1.29, 1.82) is 0 Å². The van der Waals surface area contributed by atoms with Gasteiger partial charge in [-0.3, -0.25) is 14.4 Å². The van der Waals surface area contributed by atoms with Gasteiger partial charge in [0.1, 0.15) is 11.5 Å². The second-order valence-electron chi connectivity index (χ2n) is 6.67. The van der Waals surface area contributed by atoms with Crippen molar-refractivity contribution in [2.75, 3.05) is 13.1 Å². The molecular weight excluding hydrogens is 351 g/mol. The van der Waals surface area contributed by atoms with Crippen molar-refractivity contribution in [3.8, 4) is 0 Å². The molecule has 7 nitrogen and oxygen atoms in total. The highest BCUT2D eigenvalue weighted by molar-refractivity contribution is 6.39. The largest absolute Gasteiger partial charge is 0.352 e. The van der Waals surface area contributed by atoms with E-state index in [9.17, 15) is 18.8 Å². The molecule has 0 aromatic heterocycles. The average molecular weight is 376 g/mol. The minimum Gasteiger partial charge on any atom is -0.352 e. The number of nitrogens with one attached hydrogen (secondary N) is 1. The summed E-state index contributed by atoms with van der Waals surface area (Å²) < 4.78 is 13.0. The van der Waals surface area contributed by atoms with Crippen LogP contribution in [0.25, 0.3) is 0 Å². The maximum Gasteiger partial charge on any atom is 0.270 e. The molecule has 0 saturated carbocycles. The van der Waals surface area contributed by atoms with Crippen LogP contribution in [0.3, 0.4) is 0 Å². The molecule has 27 heavy (non-hydrogen) atoms. The van der Waals surface area contributed by atoms with Gasteiger partial charge in [-0.2, -0.15) is 5.10 Å². The quantitative estimate of drug-likeness (QED) is 0.786. The van der Waals surface area contributed by atoms with Crippen molar-refractivity contribution in [1.82, 2.24) is 15.2 Å². The SMILES string of the molecule is CCN(CC(=O)NC(C)C)C(=O)C1=NN(Cc2ccc(F)cc2)C(=O)CC1. The topological polar surface area (TPSA) is 82.1 Å². The number of nitrogens with zero attached hydrogens (tertiary/aromatic N) is 3. The zero-order chi connectivity index (χ0) is 20.0. The molecule has 0 spiro atoms. The average Bonchev–Trinajstić information content (AvgIpc) is 2.62. The molecule has 1 aliphatic rings. The maximum atomic E-state index is 13.0. The van der Waals surface area contributed by atoms with Gasteiger partial charge in [0.25, 0.3) is 5.91 Å². The van der Waals surface area contributed by atoms with Crippen LogP contribution in [0.2, 0.25) is 0 Å². The fourth-order valence-electron chi connectivity index (χ4n) is 2.69. The van der Waals surface area contributed by atoms with E-state index in [1.165, 1.54) is 22.0 Å². The Balaban J connectivity index is 2.10. The van der Waals surface area contributed by atoms with Crippen LogP contribution in [-0.2, 0) is 20.9 Å². The molecular formula is C19H25FN4O3. The van der Waals surface area contributed by atoms with E-state index >= 15 is 0 Å². The maximum absolute atomic E-state index is 13.0. The van der Waals surface area contributed by atoms with E-state index < -0.39 is 0 Å². The molecule has 0 atom stereocenters. The van der Waals surface area contributed by atoms with Crippen LogP contribution in [0.5, 0.6) is 0 Å². The van der Waals surface area contributed by atoms with E-state index in [1.807, 2.05) is 13.8 Å². The fraction of sp³-hybridized carbons (Fsp3) is 0.474. The number of hydrogen-bond acceptors (Lipinski definition) is 4.